The van der Waals surface area contributed by atoms with Crippen molar-refractivity contribution in [3.63, 3.8) is 0 Å². The Morgan fingerprint density at radius 2 is 1.57 bits per heavy atom. The Hall–Kier alpha value is -2.61. The first kappa shape index (κ1) is 25.5. The topological polar surface area (TPSA) is 97.0 Å². The SMILES string of the molecule is CC(C)(C)C(=O)OCOC(=O)C1CCC(N2C(=O)NCC2c2ccc(C3CCNCC3)cc2)CC1. The number of hydrogen-bond donors (Lipinski definition) is 2. The van der Waals surface area contributed by atoms with Crippen LogP contribution < -0.4 is 10.6 Å². The number of piperidine rings is 1. The molecule has 1 unspecified atom stereocenters. The van der Waals surface area contributed by atoms with E-state index in [9.17, 15) is 14.4 Å². The molecule has 2 N–H and O–H groups in total. The Kier molecular flexibility index (Phi) is 7.99. The van der Waals surface area contributed by atoms with E-state index in [-0.39, 0.29) is 36.8 Å². The van der Waals surface area contributed by atoms with E-state index in [1.54, 1.807) is 20.8 Å². The number of esters is 2. The van der Waals surface area contributed by atoms with Crippen LogP contribution in [0.3, 0.4) is 0 Å². The maximum absolute atomic E-state index is 12.7. The van der Waals surface area contributed by atoms with Gasteiger partial charge in [-0.25, -0.2) is 4.79 Å². The van der Waals surface area contributed by atoms with Gasteiger partial charge in [-0.3, -0.25) is 9.59 Å². The van der Waals surface area contributed by atoms with Gasteiger partial charge in [-0.2, -0.15) is 0 Å². The molecule has 1 saturated carbocycles. The summed E-state index contributed by atoms with van der Waals surface area (Å²) in [6.45, 7) is 7.65. The Morgan fingerprint density at radius 1 is 0.943 bits per heavy atom. The summed E-state index contributed by atoms with van der Waals surface area (Å²) in [5.74, 6) is -0.352. The van der Waals surface area contributed by atoms with Crippen molar-refractivity contribution in [2.75, 3.05) is 26.4 Å². The summed E-state index contributed by atoms with van der Waals surface area (Å²) in [5.41, 5.74) is 1.90. The van der Waals surface area contributed by atoms with Crippen LogP contribution in [-0.4, -0.2) is 55.3 Å². The van der Waals surface area contributed by atoms with Crippen molar-refractivity contribution in [2.24, 2.45) is 11.3 Å². The van der Waals surface area contributed by atoms with Gasteiger partial charge in [0, 0.05) is 12.6 Å². The predicted molar refractivity (Wildman–Crippen MR) is 132 cm³/mol. The van der Waals surface area contributed by atoms with Gasteiger partial charge in [0.05, 0.1) is 17.4 Å². The van der Waals surface area contributed by atoms with Gasteiger partial charge < -0.3 is 25.0 Å². The molecular weight excluding hydrogens is 446 g/mol. The number of hydrogen-bond acceptors (Lipinski definition) is 6. The van der Waals surface area contributed by atoms with E-state index in [4.69, 9.17) is 9.47 Å². The summed E-state index contributed by atoms with van der Waals surface area (Å²) in [5, 5.41) is 6.43. The second-order valence-corrected chi connectivity index (χ2v) is 11.1. The highest BCUT2D eigenvalue weighted by molar-refractivity contribution is 5.78. The highest BCUT2D eigenvalue weighted by Crippen LogP contribution is 2.36. The molecule has 3 fully saturated rings. The minimum Gasteiger partial charge on any atom is -0.428 e. The molecule has 1 aromatic rings. The number of carbonyl (C=O) groups excluding carboxylic acids is 3. The molecule has 2 amide bonds. The van der Waals surface area contributed by atoms with Crippen LogP contribution in [0, 0.1) is 11.3 Å². The third-order valence-electron chi connectivity index (χ3n) is 7.58. The van der Waals surface area contributed by atoms with E-state index < -0.39 is 11.4 Å². The molecule has 35 heavy (non-hydrogen) atoms. The normalized spacial score (nSPS) is 25.7. The highest BCUT2D eigenvalue weighted by atomic mass is 16.7. The molecule has 2 saturated heterocycles. The fourth-order valence-electron chi connectivity index (χ4n) is 5.42. The van der Waals surface area contributed by atoms with Crippen molar-refractivity contribution in [1.29, 1.82) is 0 Å². The van der Waals surface area contributed by atoms with Gasteiger partial charge in [-0.1, -0.05) is 24.3 Å². The van der Waals surface area contributed by atoms with Crippen molar-refractivity contribution < 1.29 is 23.9 Å². The molecule has 2 heterocycles. The van der Waals surface area contributed by atoms with Crippen LogP contribution in [-0.2, 0) is 19.1 Å². The summed E-state index contributed by atoms with van der Waals surface area (Å²) in [6.07, 6.45) is 5.14. The van der Waals surface area contributed by atoms with Crippen LogP contribution in [0.5, 0.6) is 0 Å². The molecule has 0 spiro atoms. The number of urea groups is 1. The van der Waals surface area contributed by atoms with Gasteiger partial charge in [0.1, 0.15) is 0 Å². The zero-order chi connectivity index (χ0) is 25.0. The van der Waals surface area contributed by atoms with Crippen LogP contribution >= 0.6 is 0 Å². The Morgan fingerprint density at radius 3 is 2.20 bits per heavy atom. The van der Waals surface area contributed by atoms with Gasteiger partial charge in [0.25, 0.3) is 0 Å². The molecule has 2 aliphatic heterocycles. The van der Waals surface area contributed by atoms with Crippen LogP contribution in [0.15, 0.2) is 24.3 Å². The smallest absolute Gasteiger partial charge is 0.318 e. The number of rotatable bonds is 6. The molecule has 1 aromatic carbocycles. The van der Waals surface area contributed by atoms with Crippen LogP contribution in [0.2, 0.25) is 0 Å². The Balaban J connectivity index is 1.30. The molecule has 0 radical (unpaired) electrons. The van der Waals surface area contributed by atoms with Crippen LogP contribution in [0.25, 0.3) is 0 Å². The van der Waals surface area contributed by atoms with E-state index in [1.807, 2.05) is 4.90 Å². The number of carbonyl (C=O) groups is 3. The maximum atomic E-state index is 12.7. The molecule has 1 atom stereocenters. The number of ether oxygens (including phenoxy) is 2. The monoisotopic (exact) mass is 485 g/mol. The second kappa shape index (κ2) is 11.0. The van der Waals surface area contributed by atoms with E-state index in [0.29, 0.717) is 25.3 Å². The van der Waals surface area contributed by atoms with Gasteiger partial charge in [-0.05, 0) is 89.4 Å². The van der Waals surface area contributed by atoms with E-state index >= 15 is 0 Å². The van der Waals surface area contributed by atoms with Crippen molar-refractivity contribution in [3.8, 4) is 0 Å². The quantitative estimate of drug-likeness (QED) is 0.469. The average Bonchev–Trinajstić information content (AvgIpc) is 3.25. The summed E-state index contributed by atoms with van der Waals surface area (Å²) < 4.78 is 10.3. The largest absolute Gasteiger partial charge is 0.428 e. The van der Waals surface area contributed by atoms with Crippen molar-refractivity contribution in [2.45, 2.75) is 77.3 Å². The molecule has 3 aliphatic rings. The van der Waals surface area contributed by atoms with E-state index in [2.05, 4.69) is 34.9 Å². The average molecular weight is 486 g/mol. The number of amides is 2. The summed E-state index contributed by atoms with van der Waals surface area (Å²) in [4.78, 5) is 39.0. The van der Waals surface area contributed by atoms with Gasteiger partial charge >= 0.3 is 18.0 Å². The van der Waals surface area contributed by atoms with Gasteiger partial charge in [0.2, 0.25) is 6.79 Å². The highest BCUT2D eigenvalue weighted by Gasteiger charge is 2.40. The maximum Gasteiger partial charge on any atom is 0.318 e. The first-order chi connectivity index (χ1) is 16.7. The first-order valence-electron chi connectivity index (χ1n) is 12.9. The van der Waals surface area contributed by atoms with Crippen LogP contribution in [0.1, 0.15) is 82.4 Å². The number of nitrogens with zero attached hydrogens (tertiary/aromatic N) is 1. The zero-order valence-corrected chi connectivity index (χ0v) is 21.2. The first-order valence-corrected chi connectivity index (χ1v) is 12.9. The lowest BCUT2D eigenvalue weighted by Crippen LogP contribution is -2.42. The predicted octanol–water partition coefficient (Wildman–Crippen LogP) is 3.87. The molecule has 8 heteroatoms. The lowest BCUT2D eigenvalue weighted by molar-refractivity contribution is -0.176. The molecule has 1 aliphatic carbocycles. The standard InChI is InChI=1S/C27H39N3O5/c1-27(2,3)25(32)35-17-34-24(31)21-8-10-22(11-9-21)30-23(16-29-26(30)33)20-6-4-18(5-7-20)19-12-14-28-15-13-19/h4-7,19,21-23,28H,8-17H2,1-3H3,(H,29,33). The summed E-state index contributed by atoms with van der Waals surface area (Å²) in [6, 6.07) is 8.88. The van der Waals surface area contributed by atoms with Crippen molar-refractivity contribution in [1.82, 2.24) is 15.5 Å². The minimum atomic E-state index is -0.634. The summed E-state index contributed by atoms with van der Waals surface area (Å²) in [7, 11) is 0. The lowest BCUT2D eigenvalue weighted by Gasteiger charge is -2.36. The minimum absolute atomic E-state index is 0.00915. The molecule has 0 bridgehead atoms. The second-order valence-electron chi connectivity index (χ2n) is 11.1. The van der Waals surface area contributed by atoms with E-state index in [0.717, 1.165) is 31.5 Å². The number of benzene rings is 1. The molecular formula is C27H39N3O5. The molecule has 8 nitrogen and oxygen atoms in total. The zero-order valence-electron chi connectivity index (χ0n) is 21.2. The fourth-order valence-corrected chi connectivity index (χ4v) is 5.42. The third-order valence-corrected chi connectivity index (χ3v) is 7.58. The number of nitrogens with one attached hydrogen (secondary N) is 2. The van der Waals surface area contributed by atoms with Crippen molar-refractivity contribution in [3.05, 3.63) is 35.4 Å². The Labute approximate surface area is 208 Å². The van der Waals surface area contributed by atoms with E-state index in [1.165, 1.54) is 18.4 Å². The molecule has 0 aromatic heterocycles. The van der Waals surface area contributed by atoms with Gasteiger partial charge in [0.15, 0.2) is 0 Å². The van der Waals surface area contributed by atoms with Crippen molar-refractivity contribution >= 4 is 18.0 Å². The Bertz CT molecular complexity index is 896. The fraction of sp³-hybridized carbons (Fsp3) is 0.667. The molecule has 192 valence electrons. The third kappa shape index (κ3) is 6.15. The summed E-state index contributed by atoms with van der Waals surface area (Å²) >= 11 is 0. The molecule has 4 rings (SSSR count). The van der Waals surface area contributed by atoms with Gasteiger partial charge in [-0.15, -0.1) is 0 Å². The lowest BCUT2D eigenvalue weighted by atomic mass is 9.84. The van der Waals surface area contributed by atoms with Crippen LogP contribution in [0.4, 0.5) is 4.79 Å².